The summed E-state index contributed by atoms with van der Waals surface area (Å²) < 4.78 is 12.2. The number of hydrogen-bond donors (Lipinski definition) is 2. The molecular weight excluding hydrogens is 287 g/mol. The van der Waals surface area contributed by atoms with Crippen LogP contribution in [0.4, 0.5) is 0 Å². The smallest absolute Gasteiger partial charge is 0.236 e. The lowest BCUT2D eigenvalue weighted by Gasteiger charge is -2.19. The fraction of sp³-hybridized carbons (Fsp3) is 0.533. The molecule has 0 heterocycles. The molecule has 0 fully saturated rings. The second kappa shape index (κ2) is 7.74. The number of hydroxylamine groups is 1. The topological polar surface area (TPSA) is 69.6 Å². The van der Waals surface area contributed by atoms with Crippen LogP contribution >= 0.6 is 7.14 Å². The Morgan fingerprint density at radius 2 is 1.95 bits per heavy atom. The van der Waals surface area contributed by atoms with E-state index in [-0.39, 0.29) is 12.5 Å². The maximum atomic E-state index is 12.2. The van der Waals surface area contributed by atoms with Gasteiger partial charge in [-0.1, -0.05) is 43.3 Å². The molecule has 0 saturated carbocycles. The van der Waals surface area contributed by atoms with Crippen molar-refractivity contribution < 1.29 is 14.6 Å². The van der Waals surface area contributed by atoms with Crippen molar-refractivity contribution in [3.63, 3.8) is 0 Å². The lowest BCUT2D eigenvalue weighted by molar-refractivity contribution is -0.165. The quantitative estimate of drug-likeness (QED) is 0.600. The summed E-state index contributed by atoms with van der Waals surface area (Å²) in [7, 11) is -2.42. The molecule has 6 heteroatoms. The monoisotopic (exact) mass is 312 g/mol. The molecule has 0 aliphatic rings. The number of nitrogens with zero attached hydrogens (tertiary/aromatic N) is 1. The molecule has 0 radical (unpaired) electrons. The van der Waals surface area contributed by atoms with Crippen LogP contribution in [0.5, 0.6) is 0 Å². The number of hydrogen-bond acceptors (Lipinski definition) is 4. The fourth-order valence-corrected chi connectivity index (χ4v) is 3.27. The highest BCUT2D eigenvalue weighted by Crippen LogP contribution is 2.35. The zero-order chi connectivity index (χ0) is 16.0. The molecule has 0 unspecified atom stereocenters. The summed E-state index contributed by atoms with van der Waals surface area (Å²) in [6, 6.07) is 7.24. The predicted molar refractivity (Wildman–Crippen MR) is 85.1 cm³/mol. The van der Waals surface area contributed by atoms with Gasteiger partial charge in [0, 0.05) is 11.7 Å². The van der Waals surface area contributed by atoms with Crippen LogP contribution in [0, 0.1) is 5.92 Å². The first-order valence-electron chi connectivity index (χ1n) is 7.09. The van der Waals surface area contributed by atoms with Crippen LogP contribution < -0.4 is 10.7 Å². The number of amides is 1. The minimum absolute atomic E-state index is 0.106. The Hall–Kier alpha value is -1.16. The average molecular weight is 312 g/mol. The van der Waals surface area contributed by atoms with E-state index in [9.17, 15) is 14.6 Å². The molecule has 0 spiro atoms. The van der Waals surface area contributed by atoms with E-state index in [2.05, 4.69) is 5.43 Å². The highest BCUT2D eigenvalue weighted by atomic mass is 31.2. The lowest BCUT2D eigenvalue weighted by Crippen LogP contribution is -2.40. The molecule has 1 aromatic carbocycles. The second-order valence-corrected chi connectivity index (χ2v) is 9.19. The summed E-state index contributed by atoms with van der Waals surface area (Å²) in [4.78, 5) is 11.7. The van der Waals surface area contributed by atoms with Gasteiger partial charge >= 0.3 is 0 Å². The number of rotatable bonds is 7. The standard InChI is InChI=1S/C15H25N2O3P/c1-12(2)9-10-15(18)16-17(19)11-13-7-5-6-8-14(13)21(3,4)20/h5-8,12,19H,9-11H2,1-4H3,(H,16,18). The van der Waals surface area contributed by atoms with E-state index in [4.69, 9.17) is 0 Å². The molecule has 21 heavy (non-hydrogen) atoms. The van der Waals surface area contributed by atoms with Crippen molar-refractivity contribution in [3.05, 3.63) is 29.8 Å². The van der Waals surface area contributed by atoms with Gasteiger partial charge in [0.05, 0.1) is 6.54 Å². The van der Waals surface area contributed by atoms with Crippen molar-refractivity contribution in [1.82, 2.24) is 10.6 Å². The third-order valence-corrected chi connectivity index (χ3v) is 4.69. The highest BCUT2D eigenvalue weighted by Gasteiger charge is 2.17. The number of carbonyl (C=O) groups excluding carboxylic acids is 1. The summed E-state index contributed by atoms with van der Waals surface area (Å²) in [6.45, 7) is 7.57. The molecule has 5 nitrogen and oxygen atoms in total. The molecule has 0 aromatic heterocycles. The van der Waals surface area contributed by atoms with E-state index in [0.717, 1.165) is 22.5 Å². The van der Waals surface area contributed by atoms with E-state index in [0.29, 0.717) is 12.3 Å². The average Bonchev–Trinajstić information content (AvgIpc) is 2.35. The SMILES string of the molecule is CC(C)CCC(=O)NN(O)Cc1ccccc1P(C)(C)=O. The first-order chi connectivity index (χ1) is 9.70. The van der Waals surface area contributed by atoms with Crippen molar-refractivity contribution in [1.29, 1.82) is 0 Å². The molecule has 0 aliphatic heterocycles. The van der Waals surface area contributed by atoms with Crippen molar-refractivity contribution in [2.24, 2.45) is 5.92 Å². The van der Waals surface area contributed by atoms with Gasteiger partial charge in [0.2, 0.25) is 5.91 Å². The minimum atomic E-state index is -2.42. The lowest BCUT2D eigenvalue weighted by atomic mass is 10.1. The van der Waals surface area contributed by atoms with E-state index in [1.165, 1.54) is 0 Å². The van der Waals surface area contributed by atoms with E-state index in [1.807, 2.05) is 26.0 Å². The summed E-state index contributed by atoms with van der Waals surface area (Å²) in [5.74, 6) is 0.217. The van der Waals surface area contributed by atoms with Crippen molar-refractivity contribution in [2.45, 2.75) is 33.2 Å². The van der Waals surface area contributed by atoms with Gasteiger partial charge in [0.15, 0.2) is 0 Å². The predicted octanol–water partition coefficient (Wildman–Crippen LogP) is 2.59. The zero-order valence-electron chi connectivity index (χ0n) is 13.2. The Kier molecular flexibility index (Phi) is 6.59. The van der Waals surface area contributed by atoms with Crippen molar-refractivity contribution in [3.8, 4) is 0 Å². The van der Waals surface area contributed by atoms with Crippen LogP contribution in [0.15, 0.2) is 24.3 Å². The third kappa shape index (κ3) is 6.42. The Labute approximate surface area is 126 Å². The largest absolute Gasteiger partial charge is 0.319 e. The molecule has 0 aliphatic carbocycles. The summed E-state index contributed by atoms with van der Waals surface area (Å²) in [6.07, 6.45) is 1.14. The summed E-state index contributed by atoms with van der Waals surface area (Å²) in [5, 5.41) is 11.3. The van der Waals surface area contributed by atoms with Crippen LogP contribution in [0.3, 0.4) is 0 Å². The molecule has 0 saturated heterocycles. The van der Waals surface area contributed by atoms with E-state index in [1.54, 1.807) is 25.5 Å². The maximum Gasteiger partial charge on any atom is 0.236 e. The number of nitrogens with one attached hydrogen (secondary N) is 1. The molecular formula is C15H25N2O3P. The Balaban J connectivity index is 2.65. The Bertz CT molecular complexity index is 525. The van der Waals surface area contributed by atoms with Gasteiger partial charge in [-0.15, -0.1) is 0 Å². The molecule has 1 rings (SSSR count). The molecule has 2 N–H and O–H groups in total. The van der Waals surface area contributed by atoms with Gasteiger partial charge in [-0.3, -0.25) is 15.4 Å². The van der Waals surface area contributed by atoms with Crippen molar-refractivity contribution in [2.75, 3.05) is 13.3 Å². The van der Waals surface area contributed by atoms with Gasteiger partial charge in [-0.25, -0.2) is 0 Å². The first-order valence-corrected chi connectivity index (χ1v) is 9.69. The summed E-state index contributed by atoms with van der Waals surface area (Å²) in [5.41, 5.74) is 3.17. The first kappa shape index (κ1) is 17.9. The molecule has 1 aromatic rings. The van der Waals surface area contributed by atoms with Crippen LogP contribution in [0.2, 0.25) is 0 Å². The van der Waals surface area contributed by atoms with Crippen molar-refractivity contribution >= 4 is 18.4 Å². The molecule has 118 valence electrons. The van der Waals surface area contributed by atoms with Crippen LogP contribution in [0.25, 0.3) is 0 Å². The summed E-state index contributed by atoms with van der Waals surface area (Å²) >= 11 is 0. The van der Waals surface area contributed by atoms with Gasteiger partial charge in [0.1, 0.15) is 7.14 Å². The number of hydrazine groups is 1. The van der Waals surface area contributed by atoms with Crippen LogP contribution in [-0.2, 0) is 15.9 Å². The Morgan fingerprint density at radius 1 is 1.33 bits per heavy atom. The number of carbonyl (C=O) groups is 1. The molecule has 1 amide bonds. The van der Waals surface area contributed by atoms with Crippen LogP contribution in [-0.4, -0.2) is 29.6 Å². The van der Waals surface area contributed by atoms with Gasteiger partial charge in [-0.05, 0) is 31.2 Å². The minimum Gasteiger partial charge on any atom is -0.319 e. The molecule has 0 atom stereocenters. The Morgan fingerprint density at radius 3 is 2.52 bits per heavy atom. The van der Waals surface area contributed by atoms with Gasteiger partial charge in [-0.2, -0.15) is 0 Å². The van der Waals surface area contributed by atoms with Gasteiger partial charge in [0.25, 0.3) is 0 Å². The highest BCUT2D eigenvalue weighted by molar-refractivity contribution is 7.70. The van der Waals surface area contributed by atoms with Crippen LogP contribution in [0.1, 0.15) is 32.3 Å². The fourth-order valence-electron chi connectivity index (χ4n) is 1.99. The second-order valence-electron chi connectivity index (χ2n) is 6.00. The number of benzene rings is 1. The maximum absolute atomic E-state index is 12.2. The zero-order valence-corrected chi connectivity index (χ0v) is 14.1. The van der Waals surface area contributed by atoms with E-state index >= 15 is 0 Å². The van der Waals surface area contributed by atoms with E-state index < -0.39 is 7.14 Å². The van der Waals surface area contributed by atoms with Gasteiger partial charge < -0.3 is 4.57 Å². The molecule has 0 bridgehead atoms. The third-order valence-electron chi connectivity index (χ3n) is 3.09. The normalized spacial score (nSPS) is 12.0.